The summed E-state index contributed by atoms with van der Waals surface area (Å²) >= 11 is 0. The smallest absolute Gasteiger partial charge is 0.326 e. The molecule has 40 heavy (non-hydrogen) atoms. The number of carbonyl (C=O) groups excluding carboxylic acids is 1. The Labute approximate surface area is 237 Å². The highest BCUT2D eigenvalue weighted by Gasteiger charge is 2.23. The number of nitrogens with zero attached hydrogens (tertiary/aromatic N) is 3. The SMILES string of the molecule is Cc1cc(Cc2cc(C)c(C(=O)NC(CCOCCCCc3ccc4c(n3)CCCC4)C(=O)O)c(C)c2)n(C)n1. The van der Waals surface area contributed by atoms with Gasteiger partial charge in [0.1, 0.15) is 6.04 Å². The van der Waals surface area contributed by atoms with E-state index in [2.05, 4.69) is 28.6 Å². The summed E-state index contributed by atoms with van der Waals surface area (Å²) < 4.78 is 7.59. The predicted molar refractivity (Wildman–Crippen MR) is 155 cm³/mol. The lowest BCUT2D eigenvalue weighted by molar-refractivity contribution is -0.139. The Hall–Kier alpha value is -3.52. The molecule has 0 radical (unpaired) electrons. The molecule has 0 spiro atoms. The second kappa shape index (κ2) is 13.7. The van der Waals surface area contributed by atoms with E-state index >= 15 is 0 Å². The lowest BCUT2D eigenvalue weighted by Crippen LogP contribution is -2.42. The summed E-state index contributed by atoms with van der Waals surface area (Å²) in [7, 11) is 1.92. The van der Waals surface area contributed by atoms with Crippen LogP contribution in [0.1, 0.15) is 87.5 Å². The highest BCUT2D eigenvalue weighted by atomic mass is 16.5. The lowest BCUT2D eigenvalue weighted by Gasteiger charge is -2.18. The minimum absolute atomic E-state index is 0.212. The zero-order chi connectivity index (χ0) is 28.6. The van der Waals surface area contributed by atoms with Gasteiger partial charge >= 0.3 is 5.97 Å². The number of unbranched alkanes of at least 4 members (excludes halogenated alkanes) is 1. The maximum absolute atomic E-state index is 13.1. The third-order valence-electron chi connectivity index (χ3n) is 7.67. The van der Waals surface area contributed by atoms with Gasteiger partial charge in [0, 0.05) is 55.7 Å². The monoisotopic (exact) mass is 546 g/mol. The van der Waals surface area contributed by atoms with Crippen LogP contribution in [0, 0.1) is 20.8 Å². The zero-order valence-electron chi connectivity index (χ0n) is 24.3. The number of ether oxygens (including phenoxy) is 1. The van der Waals surface area contributed by atoms with E-state index in [4.69, 9.17) is 9.72 Å². The molecule has 0 saturated carbocycles. The van der Waals surface area contributed by atoms with E-state index in [1.54, 1.807) is 0 Å². The molecule has 8 heteroatoms. The van der Waals surface area contributed by atoms with Gasteiger partial charge in [-0.1, -0.05) is 18.2 Å². The van der Waals surface area contributed by atoms with E-state index in [9.17, 15) is 14.7 Å². The molecule has 1 unspecified atom stereocenters. The van der Waals surface area contributed by atoms with Crippen molar-refractivity contribution >= 4 is 11.9 Å². The largest absolute Gasteiger partial charge is 0.480 e. The number of hydrogen-bond acceptors (Lipinski definition) is 5. The molecule has 8 nitrogen and oxygen atoms in total. The van der Waals surface area contributed by atoms with Crippen molar-refractivity contribution in [1.29, 1.82) is 0 Å². The van der Waals surface area contributed by atoms with Crippen LogP contribution in [-0.2, 0) is 42.3 Å². The molecule has 2 N–H and O–H groups in total. The van der Waals surface area contributed by atoms with Gasteiger partial charge in [-0.25, -0.2) is 4.79 Å². The van der Waals surface area contributed by atoms with Crippen LogP contribution in [0.5, 0.6) is 0 Å². The standard InChI is InChI=1S/C32H42N4O4/c1-21-17-24(20-27-19-23(3)35-36(27)4)18-22(2)30(21)31(37)34-29(32(38)39)14-16-40-15-8-7-10-26-13-12-25-9-5-6-11-28(25)33-26/h12-13,17-19,29H,5-11,14-16,20H2,1-4H3,(H,34,37)(H,38,39). The van der Waals surface area contributed by atoms with Gasteiger partial charge in [0.25, 0.3) is 5.91 Å². The van der Waals surface area contributed by atoms with Gasteiger partial charge in [-0.2, -0.15) is 5.10 Å². The van der Waals surface area contributed by atoms with Crippen LogP contribution in [-0.4, -0.2) is 51.0 Å². The predicted octanol–water partition coefficient (Wildman–Crippen LogP) is 4.82. The minimum Gasteiger partial charge on any atom is -0.480 e. The number of aryl methyl sites for hydroxylation is 7. The van der Waals surface area contributed by atoms with Gasteiger partial charge in [-0.05, 0) is 100 Å². The number of rotatable bonds is 13. The van der Waals surface area contributed by atoms with Crippen molar-refractivity contribution in [2.45, 2.75) is 84.6 Å². The van der Waals surface area contributed by atoms with Crippen molar-refractivity contribution in [2.24, 2.45) is 7.05 Å². The molecule has 1 aliphatic carbocycles. The summed E-state index contributed by atoms with van der Waals surface area (Å²) in [4.78, 5) is 29.8. The van der Waals surface area contributed by atoms with Crippen LogP contribution in [0.2, 0.25) is 0 Å². The van der Waals surface area contributed by atoms with Crippen LogP contribution in [0.15, 0.2) is 30.3 Å². The Morgan fingerprint density at radius 1 is 1.05 bits per heavy atom. The van der Waals surface area contributed by atoms with Crippen molar-refractivity contribution in [2.75, 3.05) is 13.2 Å². The second-order valence-corrected chi connectivity index (χ2v) is 11.0. The topological polar surface area (TPSA) is 106 Å². The number of carboxylic acid groups (broad SMARTS) is 1. The van der Waals surface area contributed by atoms with Crippen molar-refractivity contribution < 1.29 is 19.4 Å². The first kappa shape index (κ1) is 29.5. The molecule has 1 aliphatic rings. The van der Waals surface area contributed by atoms with Crippen LogP contribution in [0.3, 0.4) is 0 Å². The number of aromatic nitrogens is 3. The molecule has 0 aliphatic heterocycles. The average molecular weight is 547 g/mol. The fraction of sp³-hybridized carbons (Fsp3) is 0.500. The molecule has 1 atom stereocenters. The molecule has 0 fully saturated rings. The number of nitrogens with one attached hydrogen (secondary N) is 1. The Morgan fingerprint density at radius 2 is 1.80 bits per heavy atom. The molecule has 2 aromatic heterocycles. The third kappa shape index (κ3) is 7.78. The first-order valence-corrected chi connectivity index (χ1v) is 14.4. The van der Waals surface area contributed by atoms with Crippen LogP contribution in [0.4, 0.5) is 0 Å². The van der Waals surface area contributed by atoms with E-state index in [0.717, 1.165) is 65.9 Å². The van der Waals surface area contributed by atoms with Gasteiger partial charge in [-0.15, -0.1) is 0 Å². The lowest BCUT2D eigenvalue weighted by atomic mass is 9.95. The highest BCUT2D eigenvalue weighted by Crippen LogP contribution is 2.21. The van der Waals surface area contributed by atoms with Crippen molar-refractivity contribution in [3.8, 4) is 0 Å². The third-order valence-corrected chi connectivity index (χ3v) is 7.67. The summed E-state index contributed by atoms with van der Waals surface area (Å²) in [6.45, 7) is 6.57. The first-order chi connectivity index (χ1) is 19.2. The number of pyridine rings is 1. The Kier molecular flexibility index (Phi) is 10.1. The maximum Gasteiger partial charge on any atom is 0.326 e. The summed E-state index contributed by atoms with van der Waals surface area (Å²) in [5.74, 6) is -1.43. The Morgan fingerprint density at radius 3 is 2.50 bits per heavy atom. The number of benzene rings is 1. The van der Waals surface area contributed by atoms with Crippen molar-refractivity contribution in [3.05, 3.63) is 80.9 Å². The molecule has 214 valence electrons. The van der Waals surface area contributed by atoms with Gasteiger partial charge in [0.15, 0.2) is 0 Å². The van der Waals surface area contributed by atoms with Gasteiger partial charge in [0.2, 0.25) is 0 Å². The van der Waals surface area contributed by atoms with Crippen LogP contribution in [0.25, 0.3) is 0 Å². The molecular weight excluding hydrogens is 504 g/mol. The summed E-state index contributed by atoms with van der Waals surface area (Å²) in [5.41, 5.74) is 9.11. The van der Waals surface area contributed by atoms with E-state index < -0.39 is 12.0 Å². The van der Waals surface area contributed by atoms with Gasteiger partial charge in [-0.3, -0.25) is 14.5 Å². The quantitative estimate of drug-likeness (QED) is 0.298. The van der Waals surface area contributed by atoms with Crippen LogP contribution < -0.4 is 5.32 Å². The molecule has 0 bridgehead atoms. The summed E-state index contributed by atoms with van der Waals surface area (Å²) in [5, 5.41) is 16.8. The van der Waals surface area contributed by atoms with Crippen molar-refractivity contribution in [3.63, 3.8) is 0 Å². The molecule has 4 rings (SSSR count). The first-order valence-electron chi connectivity index (χ1n) is 14.4. The number of hydrogen-bond donors (Lipinski definition) is 2. The van der Waals surface area contributed by atoms with Crippen molar-refractivity contribution in [1.82, 2.24) is 20.1 Å². The molecule has 1 amide bonds. The minimum atomic E-state index is -1.06. The van der Waals surface area contributed by atoms with E-state index in [-0.39, 0.29) is 18.9 Å². The molecular formula is C32H42N4O4. The van der Waals surface area contributed by atoms with Crippen LogP contribution >= 0.6 is 0 Å². The van der Waals surface area contributed by atoms with E-state index in [0.29, 0.717) is 18.6 Å². The zero-order valence-corrected chi connectivity index (χ0v) is 24.3. The Bertz CT molecular complexity index is 1320. The fourth-order valence-electron chi connectivity index (χ4n) is 5.62. The molecule has 2 heterocycles. The van der Waals surface area contributed by atoms with E-state index in [1.165, 1.54) is 24.1 Å². The average Bonchev–Trinajstić information content (AvgIpc) is 3.22. The summed E-state index contributed by atoms with van der Waals surface area (Å²) in [6, 6.07) is 9.39. The molecule has 0 saturated heterocycles. The number of fused-ring (bicyclic) bond motifs is 1. The molecule has 1 aromatic carbocycles. The molecule has 3 aromatic rings. The van der Waals surface area contributed by atoms with Gasteiger partial charge in [0.05, 0.1) is 5.69 Å². The summed E-state index contributed by atoms with van der Waals surface area (Å²) in [6.07, 6.45) is 8.42. The van der Waals surface area contributed by atoms with E-state index in [1.807, 2.05) is 44.6 Å². The van der Waals surface area contributed by atoms with Gasteiger partial charge < -0.3 is 15.2 Å². The number of amides is 1. The Balaban J connectivity index is 1.22. The number of aliphatic carboxylic acids is 1. The number of carboxylic acids is 1. The fourth-order valence-corrected chi connectivity index (χ4v) is 5.62. The number of carbonyl (C=O) groups is 2. The normalized spacial score (nSPS) is 13.6. The second-order valence-electron chi connectivity index (χ2n) is 11.0. The maximum atomic E-state index is 13.1. The highest BCUT2D eigenvalue weighted by molar-refractivity contribution is 5.99.